The molecule has 0 bridgehead atoms. The van der Waals surface area contributed by atoms with Gasteiger partial charge in [-0.1, -0.05) is 83.6 Å². The van der Waals surface area contributed by atoms with Gasteiger partial charge in [0.1, 0.15) is 6.04 Å². The molecule has 0 aliphatic heterocycles. The SMILES string of the molecule is CCCCCCCCCCCCCCC(=O)N[C@@H](Cc1ccc(O)c(O)c1)C(=O)O. The van der Waals surface area contributed by atoms with Crippen molar-refractivity contribution in [1.82, 2.24) is 5.32 Å². The van der Waals surface area contributed by atoms with Crippen molar-refractivity contribution in [1.29, 1.82) is 0 Å². The zero-order valence-corrected chi connectivity index (χ0v) is 18.4. The highest BCUT2D eigenvalue weighted by molar-refractivity contribution is 5.83. The van der Waals surface area contributed by atoms with Crippen LogP contribution in [-0.2, 0) is 16.0 Å². The normalized spacial score (nSPS) is 11.9. The lowest BCUT2D eigenvalue weighted by atomic mass is 10.0. The number of carbonyl (C=O) groups is 2. The van der Waals surface area contributed by atoms with Crippen LogP contribution in [0.25, 0.3) is 0 Å². The molecule has 0 unspecified atom stereocenters. The minimum Gasteiger partial charge on any atom is -0.504 e. The molecule has 0 aliphatic rings. The van der Waals surface area contributed by atoms with Crippen molar-refractivity contribution in [3.05, 3.63) is 23.8 Å². The Hall–Kier alpha value is -2.24. The third-order valence-corrected chi connectivity index (χ3v) is 5.37. The summed E-state index contributed by atoms with van der Waals surface area (Å²) in [5.41, 5.74) is 0.531. The van der Waals surface area contributed by atoms with Gasteiger partial charge in [-0.3, -0.25) is 4.79 Å². The predicted molar refractivity (Wildman–Crippen MR) is 119 cm³/mol. The first kappa shape index (κ1) is 25.8. The smallest absolute Gasteiger partial charge is 0.326 e. The maximum atomic E-state index is 12.1. The van der Waals surface area contributed by atoms with Crippen LogP contribution in [-0.4, -0.2) is 33.2 Å². The molecule has 0 radical (unpaired) electrons. The number of aromatic hydroxyl groups is 2. The van der Waals surface area contributed by atoms with Crippen LogP contribution >= 0.6 is 0 Å². The highest BCUT2D eigenvalue weighted by Gasteiger charge is 2.20. The molecule has 0 fully saturated rings. The molecule has 0 saturated heterocycles. The molecule has 0 aliphatic carbocycles. The molecule has 0 heterocycles. The van der Waals surface area contributed by atoms with Crippen LogP contribution in [0, 0.1) is 0 Å². The summed E-state index contributed by atoms with van der Waals surface area (Å²) < 4.78 is 0. The van der Waals surface area contributed by atoms with Gasteiger partial charge >= 0.3 is 5.97 Å². The number of aliphatic carboxylic acids is 1. The number of phenolic OH excluding ortho intramolecular Hbond substituents is 2. The summed E-state index contributed by atoms with van der Waals surface area (Å²) in [7, 11) is 0. The van der Waals surface area contributed by atoms with E-state index in [1.165, 1.54) is 76.0 Å². The maximum absolute atomic E-state index is 12.1. The molecule has 0 saturated carbocycles. The number of phenols is 2. The molecule has 1 aromatic rings. The van der Waals surface area contributed by atoms with Gasteiger partial charge < -0.3 is 20.6 Å². The molecule has 6 heteroatoms. The van der Waals surface area contributed by atoms with Crippen molar-refractivity contribution in [3.63, 3.8) is 0 Å². The number of nitrogens with one attached hydrogen (secondary N) is 1. The Balaban J connectivity index is 2.14. The number of amides is 1. The highest BCUT2D eigenvalue weighted by Crippen LogP contribution is 2.25. The van der Waals surface area contributed by atoms with Gasteiger partial charge in [-0.05, 0) is 24.1 Å². The molecule has 1 aromatic carbocycles. The summed E-state index contributed by atoms with van der Waals surface area (Å²) in [6.07, 6.45) is 15.0. The van der Waals surface area contributed by atoms with E-state index in [0.29, 0.717) is 12.0 Å². The van der Waals surface area contributed by atoms with Gasteiger partial charge in [0.25, 0.3) is 0 Å². The Labute approximate surface area is 180 Å². The fourth-order valence-electron chi connectivity index (χ4n) is 3.52. The minimum atomic E-state index is -1.12. The highest BCUT2D eigenvalue weighted by atomic mass is 16.4. The zero-order valence-electron chi connectivity index (χ0n) is 18.4. The fraction of sp³-hybridized carbons (Fsp3) is 0.667. The van der Waals surface area contributed by atoms with Gasteiger partial charge in [-0.15, -0.1) is 0 Å². The van der Waals surface area contributed by atoms with E-state index in [-0.39, 0.29) is 23.8 Å². The van der Waals surface area contributed by atoms with E-state index in [0.717, 1.165) is 19.3 Å². The van der Waals surface area contributed by atoms with Gasteiger partial charge in [0.2, 0.25) is 5.91 Å². The third-order valence-electron chi connectivity index (χ3n) is 5.37. The van der Waals surface area contributed by atoms with Gasteiger partial charge in [0.05, 0.1) is 0 Å². The molecular weight excluding hydrogens is 382 g/mol. The van der Waals surface area contributed by atoms with Crippen molar-refractivity contribution in [2.75, 3.05) is 0 Å². The molecule has 1 atom stereocenters. The molecule has 6 nitrogen and oxygen atoms in total. The molecule has 0 aromatic heterocycles. The van der Waals surface area contributed by atoms with Crippen LogP contribution in [0.2, 0.25) is 0 Å². The van der Waals surface area contributed by atoms with Crippen molar-refractivity contribution in [2.45, 2.75) is 103 Å². The second-order valence-electron chi connectivity index (χ2n) is 8.12. The van der Waals surface area contributed by atoms with Crippen LogP contribution in [0.15, 0.2) is 18.2 Å². The predicted octanol–water partition coefficient (Wildman–Crippen LogP) is 5.30. The Kier molecular flexibility index (Phi) is 13.4. The number of carbonyl (C=O) groups excluding carboxylic acids is 1. The Morgan fingerprint density at radius 2 is 1.37 bits per heavy atom. The summed E-state index contributed by atoms with van der Waals surface area (Å²) in [4.78, 5) is 23.5. The molecule has 1 amide bonds. The number of benzene rings is 1. The lowest BCUT2D eigenvalue weighted by Gasteiger charge is -2.15. The zero-order chi connectivity index (χ0) is 22.2. The Morgan fingerprint density at radius 3 is 1.87 bits per heavy atom. The molecule has 0 spiro atoms. The van der Waals surface area contributed by atoms with E-state index in [9.17, 15) is 24.9 Å². The van der Waals surface area contributed by atoms with Crippen LogP contribution in [0.5, 0.6) is 11.5 Å². The van der Waals surface area contributed by atoms with Crippen LogP contribution in [0.4, 0.5) is 0 Å². The first-order chi connectivity index (χ1) is 14.4. The number of hydrogen-bond donors (Lipinski definition) is 4. The van der Waals surface area contributed by atoms with E-state index < -0.39 is 12.0 Å². The number of carboxylic acids is 1. The first-order valence-corrected chi connectivity index (χ1v) is 11.5. The monoisotopic (exact) mass is 421 g/mol. The Morgan fingerprint density at radius 1 is 0.833 bits per heavy atom. The van der Waals surface area contributed by atoms with Gasteiger partial charge in [-0.2, -0.15) is 0 Å². The third kappa shape index (κ3) is 11.7. The van der Waals surface area contributed by atoms with Crippen molar-refractivity contribution in [2.24, 2.45) is 0 Å². The number of hydrogen-bond acceptors (Lipinski definition) is 4. The van der Waals surface area contributed by atoms with Crippen LogP contribution < -0.4 is 5.32 Å². The quantitative estimate of drug-likeness (QED) is 0.202. The lowest BCUT2D eigenvalue weighted by Crippen LogP contribution is -2.42. The standard InChI is InChI=1S/C24H39NO5/c1-2-3-4-5-6-7-8-9-10-11-12-13-14-23(28)25-20(24(29)30)17-19-15-16-21(26)22(27)18-19/h15-16,18,20,26-27H,2-14,17H2,1H3,(H,25,28)(H,29,30)/t20-/m0/s1. The van der Waals surface area contributed by atoms with E-state index >= 15 is 0 Å². The molecule has 4 N–H and O–H groups in total. The van der Waals surface area contributed by atoms with Crippen LogP contribution in [0.3, 0.4) is 0 Å². The molecular formula is C24H39NO5. The largest absolute Gasteiger partial charge is 0.504 e. The summed E-state index contributed by atoms with van der Waals surface area (Å²) in [6.45, 7) is 2.23. The first-order valence-electron chi connectivity index (χ1n) is 11.5. The van der Waals surface area contributed by atoms with E-state index in [1.54, 1.807) is 0 Å². The number of rotatable bonds is 17. The maximum Gasteiger partial charge on any atom is 0.326 e. The molecule has 170 valence electrons. The number of carboxylic acid groups (broad SMARTS) is 1. The minimum absolute atomic E-state index is 0.0490. The second-order valence-corrected chi connectivity index (χ2v) is 8.12. The fourth-order valence-corrected chi connectivity index (χ4v) is 3.52. The van der Waals surface area contributed by atoms with E-state index in [1.807, 2.05) is 0 Å². The Bertz CT molecular complexity index is 632. The van der Waals surface area contributed by atoms with Gasteiger partial charge in [0, 0.05) is 12.8 Å². The second kappa shape index (κ2) is 15.6. The summed E-state index contributed by atoms with van der Waals surface area (Å²) >= 11 is 0. The van der Waals surface area contributed by atoms with Gasteiger partial charge in [0.15, 0.2) is 11.5 Å². The lowest BCUT2D eigenvalue weighted by molar-refractivity contribution is -0.141. The van der Waals surface area contributed by atoms with E-state index in [4.69, 9.17) is 0 Å². The average molecular weight is 422 g/mol. The van der Waals surface area contributed by atoms with Crippen molar-refractivity contribution in [3.8, 4) is 11.5 Å². The molecule has 30 heavy (non-hydrogen) atoms. The average Bonchev–Trinajstić information content (AvgIpc) is 2.71. The summed E-state index contributed by atoms with van der Waals surface area (Å²) in [5, 5.41) is 30.8. The van der Waals surface area contributed by atoms with Gasteiger partial charge in [-0.25, -0.2) is 4.79 Å². The summed E-state index contributed by atoms with van der Waals surface area (Å²) in [6, 6.07) is 3.09. The topological polar surface area (TPSA) is 107 Å². The number of unbranched alkanes of at least 4 members (excludes halogenated alkanes) is 11. The molecule has 1 rings (SSSR count). The summed E-state index contributed by atoms with van der Waals surface area (Å²) in [5.74, 6) is -1.95. The van der Waals surface area contributed by atoms with E-state index in [2.05, 4.69) is 12.2 Å². The van der Waals surface area contributed by atoms with Crippen LogP contribution in [0.1, 0.15) is 96.0 Å². The van der Waals surface area contributed by atoms with Crippen molar-refractivity contribution < 1.29 is 24.9 Å². The van der Waals surface area contributed by atoms with Crippen molar-refractivity contribution >= 4 is 11.9 Å².